The van der Waals surface area contributed by atoms with Crippen LogP contribution < -0.4 is 16.0 Å². The molecule has 160 valence electrons. The number of hydrogen-bond donors (Lipinski definition) is 3. The SMILES string of the molecule is CC(=O)N(c1cccs1)[C@]1(NC=O)C(=O)N2C(C(=O)O)=C(COC(N)=O)CS(=O)[C@H]21. The van der Waals surface area contributed by atoms with Crippen LogP contribution in [0, 0.1) is 0 Å². The minimum absolute atomic E-state index is 0.0885. The van der Waals surface area contributed by atoms with E-state index in [0.29, 0.717) is 5.00 Å². The van der Waals surface area contributed by atoms with Gasteiger partial charge in [-0.25, -0.2) is 9.59 Å². The number of anilines is 1. The predicted octanol–water partition coefficient (Wildman–Crippen LogP) is -1.09. The van der Waals surface area contributed by atoms with Crippen LogP contribution in [-0.2, 0) is 34.7 Å². The molecule has 1 saturated heterocycles. The Bertz CT molecular complexity index is 991. The summed E-state index contributed by atoms with van der Waals surface area (Å²) in [7, 11) is -1.96. The molecule has 14 heteroatoms. The second-order valence-corrected chi connectivity index (χ2v) is 8.67. The van der Waals surface area contributed by atoms with Crippen molar-refractivity contribution < 1.29 is 38.0 Å². The number of aliphatic carboxylic acids is 1. The van der Waals surface area contributed by atoms with Crippen molar-refractivity contribution in [3.63, 3.8) is 0 Å². The molecule has 1 aromatic heterocycles. The summed E-state index contributed by atoms with van der Waals surface area (Å²) in [5, 5.41) is 12.5. The smallest absolute Gasteiger partial charge is 0.404 e. The lowest BCUT2D eigenvalue weighted by Crippen LogP contribution is -2.88. The summed E-state index contributed by atoms with van der Waals surface area (Å²) in [4.78, 5) is 61.6. The van der Waals surface area contributed by atoms with Crippen LogP contribution in [0.1, 0.15) is 6.92 Å². The van der Waals surface area contributed by atoms with E-state index >= 15 is 0 Å². The maximum atomic E-state index is 13.2. The van der Waals surface area contributed by atoms with Gasteiger partial charge < -0.3 is 20.9 Å². The number of β-lactam (4-membered cyclic amide) rings is 1. The van der Waals surface area contributed by atoms with Crippen molar-refractivity contribution in [1.82, 2.24) is 10.2 Å². The van der Waals surface area contributed by atoms with Crippen LogP contribution in [0.5, 0.6) is 0 Å². The predicted molar refractivity (Wildman–Crippen MR) is 103 cm³/mol. The zero-order valence-electron chi connectivity index (χ0n) is 15.4. The molecule has 0 spiro atoms. The Morgan fingerprint density at radius 1 is 1.53 bits per heavy atom. The van der Waals surface area contributed by atoms with E-state index in [1.807, 2.05) is 0 Å². The first-order valence-electron chi connectivity index (χ1n) is 8.30. The van der Waals surface area contributed by atoms with Gasteiger partial charge in [-0.05, 0) is 17.5 Å². The van der Waals surface area contributed by atoms with E-state index in [1.54, 1.807) is 11.4 Å². The van der Waals surface area contributed by atoms with Crippen LogP contribution >= 0.6 is 11.3 Å². The molecule has 3 atom stereocenters. The number of carbonyl (C=O) groups is 5. The van der Waals surface area contributed by atoms with Gasteiger partial charge in [0.05, 0.1) is 16.6 Å². The standard InChI is InChI=1S/C16H16N4O8S2/c1-8(22)20(10-3-2-4-29-10)16(18-7-21)13(25)19-11(12(23)24)9(5-28-15(17)26)6-30(27)14(16)19/h2-4,7,14H,5-6H2,1H3,(H2,17,26)(H,18,21)(H,23,24)/t14-,16+,30?/m0/s1. The van der Waals surface area contributed by atoms with Crippen molar-refractivity contribution in [2.24, 2.45) is 5.73 Å². The number of amides is 4. The van der Waals surface area contributed by atoms with Crippen molar-refractivity contribution >= 4 is 57.4 Å². The van der Waals surface area contributed by atoms with Crippen molar-refractivity contribution in [2.75, 3.05) is 17.3 Å². The molecule has 1 aromatic rings. The van der Waals surface area contributed by atoms with Gasteiger partial charge in [0.25, 0.3) is 5.91 Å². The molecule has 0 aliphatic carbocycles. The van der Waals surface area contributed by atoms with Crippen molar-refractivity contribution in [1.29, 1.82) is 0 Å². The molecule has 0 saturated carbocycles. The third-order valence-corrected chi connectivity index (χ3v) is 7.08. The second-order valence-electron chi connectivity index (χ2n) is 6.25. The van der Waals surface area contributed by atoms with Gasteiger partial charge in [0.2, 0.25) is 18.0 Å². The lowest BCUT2D eigenvalue weighted by Gasteiger charge is -2.59. The molecule has 1 unspecified atom stereocenters. The number of nitrogens with one attached hydrogen (secondary N) is 1. The molecular formula is C16H16N4O8S2. The highest BCUT2D eigenvalue weighted by Gasteiger charge is 2.71. The summed E-state index contributed by atoms with van der Waals surface area (Å²) in [6, 6.07) is 3.15. The largest absolute Gasteiger partial charge is 0.477 e. The molecular weight excluding hydrogens is 440 g/mol. The number of rotatable bonds is 7. The summed E-state index contributed by atoms with van der Waals surface area (Å²) >= 11 is 1.10. The number of hydrogen-bond acceptors (Lipinski definition) is 8. The van der Waals surface area contributed by atoms with Gasteiger partial charge in [0.1, 0.15) is 17.3 Å². The number of carboxylic acids is 1. The van der Waals surface area contributed by atoms with E-state index in [0.717, 1.165) is 28.1 Å². The fourth-order valence-corrected chi connectivity index (χ4v) is 6.17. The topological polar surface area (TPSA) is 176 Å². The Labute approximate surface area is 175 Å². The first kappa shape index (κ1) is 21.4. The molecule has 4 N–H and O–H groups in total. The van der Waals surface area contributed by atoms with Crippen LogP contribution in [0.2, 0.25) is 0 Å². The fourth-order valence-electron chi connectivity index (χ4n) is 3.52. The van der Waals surface area contributed by atoms with Crippen molar-refractivity contribution in [3.8, 4) is 0 Å². The lowest BCUT2D eigenvalue weighted by atomic mass is 9.93. The Balaban J connectivity index is 2.14. The summed E-state index contributed by atoms with van der Waals surface area (Å²) in [5.41, 5.74) is 2.20. The number of carbonyl (C=O) groups excluding carboxylic acids is 4. The number of carboxylic acid groups (broad SMARTS) is 1. The van der Waals surface area contributed by atoms with Crippen LogP contribution in [0.3, 0.4) is 0 Å². The van der Waals surface area contributed by atoms with Crippen LogP contribution in [0.25, 0.3) is 0 Å². The Morgan fingerprint density at radius 2 is 2.23 bits per heavy atom. The first-order chi connectivity index (χ1) is 14.2. The van der Waals surface area contributed by atoms with Crippen molar-refractivity contribution in [3.05, 3.63) is 28.8 Å². The zero-order valence-corrected chi connectivity index (χ0v) is 17.0. The maximum Gasteiger partial charge on any atom is 0.404 e. The summed E-state index contributed by atoms with van der Waals surface area (Å²) < 4.78 is 17.6. The number of ether oxygens (including phenoxy) is 1. The maximum absolute atomic E-state index is 13.2. The first-order valence-corrected chi connectivity index (χ1v) is 10.6. The molecule has 4 amide bonds. The highest BCUT2D eigenvalue weighted by atomic mass is 32.2. The average Bonchev–Trinajstić information content (AvgIpc) is 3.18. The molecule has 0 bridgehead atoms. The monoisotopic (exact) mass is 456 g/mol. The third kappa shape index (κ3) is 3.13. The van der Waals surface area contributed by atoms with Gasteiger partial charge in [0.15, 0.2) is 5.37 Å². The number of nitrogens with two attached hydrogens (primary N) is 1. The van der Waals surface area contributed by atoms with Gasteiger partial charge in [-0.2, -0.15) is 0 Å². The minimum Gasteiger partial charge on any atom is -0.477 e. The number of thiophene rings is 1. The Kier molecular flexibility index (Phi) is 5.63. The molecule has 3 rings (SSSR count). The molecule has 1 fully saturated rings. The molecule has 3 heterocycles. The van der Waals surface area contributed by atoms with E-state index in [-0.39, 0.29) is 17.7 Å². The normalized spacial score (nSPS) is 25.1. The second kappa shape index (κ2) is 7.87. The van der Waals surface area contributed by atoms with Gasteiger partial charge >= 0.3 is 12.1 Å². The zero-order chi connectivity index (χ0) is 22.2. The van der Waals surface area contributed by atoms with Crippen LogP contribution in [0.15, 0.2) is 28.8 Å². The van der Waals surface area contributed by atoms with E-state index in [2.05, 4.69) is 10.1 Å². The molecule has 0 radical (unpaired) electrons. The summed E-state index contributed by atoms with van der Waals surface area (Å²) in [6.45, 7) is 0.588. The van der Waals surface area contributed by atoms with Crippen molar-refractivity contribution in [2.45, 2.75) is 18.0 Å². The minimum atomic E-state index is -2.07. The third-order valence-electron chi connectivity index (χ3n) is 4.54. The van der Waals surface area contributed by atoms with E-state index in [4.69, 9.17) is 5.73 Å². The molecule has 2 aliphatic heterocycles. The molecule has 0 aromatic carbocycles. The van der Waals surface area contributed by atoms with E-state index in [1.165, 1.54) is 6.07 Å². The Hall–Kier alpha value is -3.26. The van der Waals surface area contributed by atoms with E-state index < -0.39 is 58.0 Å². The Morgan fingerprint density at radius 3 is 2.73 bits per heavy atom. The summed E-state index contributed by atoms with van der Waals surface area (Å²) in [6.07, 6.45) is -0.987. The van der Waals surface area contributed by atoms with Crippen LogP contribution in [0.4, 0.5) is 9.80 Å². The number of nitrogens with zero attached hydrogens (tertiary/aromatic N) is 2. The van der Waals surface area contributed by atoms with Gasteiger partial charge in [-0.3, -0.25) is 28.4 Å². The average molecular weight is 456 g/mol. The van der Waals surface area contributed by atoms with Gasteiger partial charge in [-0.15, -0.1) is 11.3 Å². The molecule has 30 heavy (non-hydrogen) atoms. The molecule has 12 nitrogen and oxygen atoms in total. The number of fused-ring (bicyclic) bond motifs is 1. The van der Waals surface area contributed by atoms with Gasteiger partial charge in [-0.1, -0.05) is 0 Å². The van der Waals surface area contributed by atoms with Crippen LogP contribution in [-0.4, -0.2) is 67.9 Å². The summed E-state index contributed by atoms with van der Waals surface area (Å²) in [5.74, 6) is -3.49. The highest BCUT2D eigenvalue weighted by Crippen LogP contribution is 2.45. The fraction of sp³-hybridized carbons (Fsp3) is 0.312. The van der Waals surface area contributed by atoms with Gasteiger partial charge in [0, 0.05) is 12.5 Å². The molecule has 2 aliphatic rings. The lowest BCUT2D eigenvalue weighted by molar-refractivity contribution is -0.159. The highest BCUT2D eigenvalue weighted by molar-refractivity contribution is 7.86. The number of primary amides is 1. The van der Waals surface area contributed by atoms with E-state index in [9.17, 15) is 33.3 Å². The quantitative estimate of drug-likeness (QED) is 0.263.